The molecule has 0 saturated heterocycles. The van der Waals surface area contributed by atoms with Gasteiger partial charge in [-0.1, -0.05) is 39.8 Å². The van der Waals surface area contributed by atoms with E-state index < -0.39 is 0 Å². The number of imidazole rings is 1. The molecule has 0 unspecified atom stereocenters. The third-order valence-electron chi connectivity index (χ3n) is 3.84. The molecule has 0 amide bonds. The number of ether oxygens (including phenoxy) is 1. The van der Waals surface area contributed by atoms with Gasteiger partial charge in [0.15, 0.2) is 5.16 Å². The van der Waals surface area contributed by atoms with Crippen LogP contribution >= 0.6 is 27.7 Å². The second-order valence-electron chi connectivity index (χ2n) is 5.63. The number of rotatable bonds is 6. The maximum Gasteiger partial charge on any atom is 0.247 e. The van der Waals surface area contributed by atoms with Crippen LogP contribution in [0.25, 0.3) is 22.7 Å². The molecule has 0 radical (unpaired) electrons. The highest BCUT2D eigenvalue weighted by molar-refractivity contribution is 9.10. The first-order valence-electron chi connectivity index (χ1n) is 8.12. The van der Waals surface area contributed by atoms with Crippen LogP contribution in [0.15, 0.2) is 68.8 Å². The third kappa shape index (κ3) is 4.23. The van der Waals surface area contributed by atoms with Gasteiger partial charge in [0.25, 0.3) is 0 Å². The number of halogens is 1. The van der Waals surface area contributed by atoms with E-state index in [1.54, 1.807) is 7.11 Å². The largest absolute Gasteiger partial charge is 0.497 e. The fourth-order valence-corrected chi connectivity index (χ4v) is 3.40. The number of hydrogen-bond donors (Lipinski definition) is 1. The lowest BCUT2D eigenvalue weighted by Crippen LogP contribution is -1.82. The molecule has 136 valence electrons. The summed E-state index contributed by atoms with van der Waals surface area (Å²) in [7, 11) is 1.63. The zero-order valence-corrected chi connectivity index (χ0v) is 16.8. The first-order valence-corrected chi connectivity index (χ1v) is 9.89. The van der Waals surface area contributed by atoms with Gasteiger partial charge in [0.05, 0.1) is 24.8 Å². The predicted molar refractivity (Wildman–Crippen MR) is 108 cm³/mol. The average Bonchev–Trinajstić information content (AvgIpc) is 3.37. The summed E-state index contributed by atoms with van der Waals surface area (Å²) >= 11 is 4.96. The molecule has 2 aromatic carbocycles. The normalized spacial score (nSPS) is 10.9. The third-order valence-corrected chi connectivity index (χ3v) is 5.24. The van der Waals surface area contributed by atoms with Crippen LogP contribution in [0.1, 0.15) is 5.89 Å². The Morgan fingerprint density at radius 2 is 1.78 bits per heavy atom. The van der Waals surface area contributed by atoms with E-state index in [0.717, 1.165) is 32.2 Å². The van der Waals surface area contributed by atoms with Crippen molar-refractivity contribution in [3.8, 4) is 28.5 Å². The molecule has 27 heavy (non-hydrogen) atoms. The molecule has 4 rings (SSSR count). The second-order valence-corrected chi connectivity index (χ2v) is 7.51. The van der Waals surface area contributed by atoms with Crippen LogP contribution in [0, 0.1) is 0 Å². The molecule has 2 aromatic heterocycles. The van der Waals surface area contributed by atoms with Gasteiger partial charge in [-0.05, 0) is 42.0 Å². The molecule has 0 saturated carbocycles. The van der Waals surface area contributed by atoms with Crippen molar-refractivity contribution in [1.82, 2.24) is 20.2 Å². The van der Waals surface area contributed by atoms with Crippen LogP contribution < -0.4 is 4.74 Å². The zero-order valence-electron chi connectivity index (χ0n) is 14.3. The van der Waals surface area contributed by atoms with Crippen molar-refractivity contribution in [2.45, 2.75) is 10.9 Å². The van der Waals surface area contributed by atoms with Crippen LogP contribution in [0.3, 0.4) is 0 Å². The Morgan fingerprint density at radius 1 is 1.04 bits per heavy atom. The van der Waals surface area contributed by atoms with E-state index in [9.17, 15) is 0 Å². The molecule has 0 aliphatic carbocycles. The van der Waals surface area contributed by atoms with Crippen molar-refractivity contribution in [3.63, 3.8) is 0 Å². The summed E-state index contributed by atoms with van der Waals surface area (Å²) in [6.45, 7) is 0. The van der Waals surface area contributed by atoms with E-state index in [1.165, 1.54) is 11.8 Å². The van der Waals surface area contributed by atoms with Crippen LogP contribution in [0.5, 0.6) is 5.75 Å². The second kappa shape index (κ2) is 7.98. The number of nitrogens with zero attached hydrogens (tertiary/aromatic N) is 3. The lowest BCUT2D eigenvalue weighted by molar-refractivity contribution is 0.415. The zero-order chi connectivity index (χ0) is 18.6. The van der Waals surface area contributed by atoms with Crippen molar-refractivity contribution in [3.05, 3.63) is 65.1 Å². The molecule has 0 bridgehead atoms. The minimum absolute atomic E-state index is 0.489. The van der Waals surface area contributed by atoms with Gasteiger partial charge < -0.3 is 14.1 Å². The topological polar surface area (TPSA) is 76.8 Å². The van der Waals surface area contributed by atoms with Gasteiger partial charge in [0.2, 0.25) is 11.8 Å². The van der Waals surface area contributed by atoms with Gasteiger partial charge >= 0.3 is 0 Å². The fourth-order valence-electron chi connectivity index (χ4n) is 2.44. The molecule has 0 aliphatic heterocycles. The summed E-state index contributed by atoms with van der Waals surface area (Å²) in [4.78, 5) is 7.71. The van der Waals surface area contributed by atoms with E-state index in [1.807, 2.05) is 54.7 Å². The molecular formula is C19H15BrN4O2S. The summed E-state index contributed by atoms with van der Waals surface area (Å²) in [6, 6.07) is 15.6. The highest BCUT2D eigenvalue weighted by atomic mass is 79.9. The monoisotopic (exact) mass is 442 g/mol. The van der Waals surface area contributed by atoms with Crippen LogP contribution in [0.2, 0.25) is 0 Å². The van der Waals surface area contributed by atoms with Gasteiger partial charge in [0, 0.05) is 10.0 Å². The van der Waals surface area contributed by atoms with E-state index in [4.69, 9.17) is 9.15 Å². The Bertz CT molecular complexity index is 1030. The summed E-state index contributed by atoms with van der Waals surface area (Å²) in [5.74, 6) is 2.36. The molecule has 2 heterocycles. The molecule has 4 aromatic rings. The molecule has 1 N–H and O–H groups in total. The number of nitrogens with one attached hydrogen (secondary N) is 1. The van der Waals surface area contributed by atoms with E-state index in [0.29, 0.717) is 17.5 Å². The van der Waals surface area contributed by atoms with E-state index in [2.05, 4.69) is 36.1 Å². The number of hydrogen-bond acceptors (Lipinski definition) is 6. The molecule has 6 nitrogen and oxygen atoms in total. The first-order chi connectivity index (χ1) is 13.2. The molecule has 0 atom stereocenters. The Kier molecular flexibility index (Phi) is 5.26. The number of benzene rings is 2. The molecular weight excluding hydrogens is 428 g/mol. The van der Waals surface area contributed by atoms with E-state index >= 15 is 0 Å². The number of aromatic amines is 1. The molecule has 0 aliphatic rings. The van der Waals surface area contributed by atoms with Gasteiger partial charge in [-0.2, -0.15) is 0 Å². The van der Waals surface area contributed by atoms with Crippen molar-refractivity contribution in [2.75, 3.05) is 7.11 Å². The number of aromatic nitrogens is 4. The predicted octanol–water partition coefficient (Wildman–Crippen LogP) is 5.19. The molecule has 8 heteroatoms. The van der Waals surface area contributed by atoms with Gasteiger partial charge in [-0.15, -0.1) is 10.2 Å². The Labute approximate surface area is 168 Å². The van der Waals surface area contributed by atoms with Crippen LogP contribution in [-0.2, 0) is 5.75 Å². The Hall–Kier alpha value is -2.58. The minimum Gasteiger partial charge on any atom is -0.497 e. The van der Waals surface area contributed by atoms with Crippen molar-refractivity contribution >= 4 is 27.7 Å². The van der Waals surface area contributed by atoms with Gasteiger partial charge in [-0.25, -0.2) is 4.98 Å². The summed E-state index contributed by atoms with van der Waals surface area (Å²) < 4.78 is 11.9. The summed E-state index contributed by atoms with van der Waals surface area (Å²) in [5.41, 5.74) is 2.90. The van der Waals surface area contributed by atoms with Crippen molar-refractivity contribution < 1.29 is 9.15 Å². The van der Waals surface area contributed by atoms with Crippen LogP contribution in [0.4, 0.5) is 0 Å². The van der Waals surface area contributed by atoms with Gasteiger partial charge in [0.1, 0.15) is 5.75 Å². The lowest BCUT2D eigenvalue weighted by Gasteiger charge is -1.99. The molecule has 0 fully saturated rings. The van der Waals surface area contributed by atoms with Crippen LogP contribution in [-0.4, -0.2) is 27.3 Å². The highest BCUT2D eigenvalue weighted by Gasteiger charge is 2.11. The van der Waals surface area contributed by atoms with E-state index in [-0.39, 0.29) is 0 Å². The lowest BCUT2D eigenvalue weighted by atomic mass is 10.2. The number of thioether (sulfide) groups is 1. The highest BCUT2D eigenvalue weighted by Crippen LogP contribution is 2.26. The standard InChI is InChI=1S/C19H15BrN4O2S/c1-25-15-8-4-13(5-9-15)18-24-23-17(26-18)11-27-19-21-10-16(22-19)12-2-6-14(20)7-3-12/h2-10H,11H2,1H3,(H,21,22). The fraction of sp³-hybridized carbons (Fsp3) is 0.105. The van der Waals surface area contributed by atoms with Gasteiger partial charge in [-0.3, -0.25) is 0 Å². The Morgan fingerprint density at radius 3 is 2.52 bits per heavy atom. The maximum absolute atomic E-state index is 5.74. The first kappa shape index (κ1) is 17.8. The van der Waals surface area contributed by atoms with Crippen molar-refractivity contribution in [2.24, 2.45) is 0 Å². The number of H-pyrrole nitrogens is 1. The maximum atomic E-state index is 5.74. The quantitative estimate of drug-likeness (QED) is 0.414. The summed E-state index contributed by atoms with van der Waals surface area (Å²) in [5, 5.41) is 9.02. The molecule has 0 spiro atoms. The Balaban J connectivity index is 1.40. The summed E-state index contributed by atoms with van der Waals surface area (Å²) in [6.07, 6.45) is 1.82. The average molecular weight is 443 g/mol. The number of methoxy groups -OCH3 is 1. The minimum atomic E-state index is 0.489. The SMILES string of the molecule is COc1ccc(-c2nnc(CSc3ncc(-c4ccc(Br)cc4)[nH]3)o2)cc1. The van der Waals surface area contributed by atoms with Crippen molar-refractivity contribution in [1.29, 1.82) is 0 Å². The smallest absolute Gasteiger partial charge is 0.247 e.